The molecule has 0 saturated heterocycles. The number of fused-ring (bicyclic) bond motifs is 1. The molecule has 1 aromatic carbocycles. The molecule has 6 nitrogen and oxygen atoms in total. The fourth-order valence-corrected chi connectivity index (χ4v) is 2.62. The zero-order chi connectivity index (χ0) is 17.8. The summed E-state index contributed by atoms with van der Waals surface area (Å²) in [5, 5.41) is 0.936. The molecule has 0 amide bonds. The van der Waals surface area contributed by atoms with Gasteiger partial charge < -0.3 is 19.4 Å². The summed E-state index contributed by atoms with van der Waals surface area (Å²) in [6, 6.07) is 8.90. The number of nitrogens with one attached hydrogen (secondary N) is 1. The number of carbonyl (C=O) groups is 1. The highest BCUT2D eigenvalue weighted by atomic mass is 16.5. The lowest BCUT2D eigenvalue weighted by molar-refractivity contribution is 0.0731. The van der Waals surface area contributed by atoms with Crippen molar-refractivity contribution in [3.8, 4) is 11.5 Å². The lowest BCUT2D eigenvalue weighted by atomic mass is 10.1. The second-order valence-electron chi connectivity index (χ2n) is 6.02. The molecule has 0 atom stereocenters. The molecule has 3 aromatic rings. The van der Waals surface area contributed by atoms with Crippen LogP contribution < -0.4 is 9.47 Å². The van der Waals surface area contributed by atoms with Crippen LogP contribution in [0.5, 0.6) is 11.5 Å². The quantitative estimate of drug-likeness (QED) is 0.552. The zero-order valence-corrected chi connectivity index (χ0v) is 14.6. The van der Waals surface area contributed by atoms with Gasteiger partial charge in [0.1, 0.15) is 17.2 Å². The maximum absolute atomic E-state index is 12.4. The predicted octanol–water partition coefficient (Wildman–Crippen LogP) is 2.89. The van der Waals surface area contributed by atoms with E-state index in [0.29, 0.717) is 11.5 Å². The normalized spacial score (nSPS) is 11.0. The molecule has 0 unspecified atom stereocenters. The van der Waals surface area contributed by atoms with Crippen molar-refractivity contribution >= 4 is 16.9 Å². The molecule has 0 aliphatic carbocycles. The standard InChI is InChI=1S/C19H21N3O3/c1-22(2)10-9-13-11-20-15-5-4-6-17(18(13)15)25-19(23)16-8-7-14(24-3)12-21-16/h4-8,11-12,20H,9-10H2,1-3H3. The number of hydrogen-bond donors (Lipinski definition) is 1. The summed E-state index contributed by atoms with van der Waals surface area (Å²) in [5.41, 5.74) is 2.31. The van der Waals surface area contributed by atoms with E-state index in [9.17, 15) is 4.79 Å². The highest BCUT2D eigenvalue weighted by Crippen LogP contribution is 2.29. The van der Waals surface area contributed by atoms with Crippen molar-refractivity contribution in [2.24, 2.45) is 0 Å². The smallest absolute Gasteiger partial charge is 0.362 e. The molecular weight excluding hydrogens is 318 g/mol. The number of likely N-dealkylation sites (N-methyl/N-ethyl adjacent to an activating group) is 1. The highest BCUT2D eigenvalue weighted by Gasteiger charge is 2.15. The molecule has 0 saturated carbocycles. The van der Waals surface area contributed by atoms with E-state index in [1.54, 1.807) is 25.3 Å². The van der Waals surface area contributed by atoms with Crippen molar-refractivity contribution in [2.75, 3.05) is 27.7 Å². The molecule has 1 N–H and O–H groups in total. The minimum Gasteiger partial charge on any atom is -0.495 e. The number of H-pyrrole nitrogens is 1. The minimum atomic E-state index is -0.491. The topological polar surface area (TPSA) is 67.5 Å². The van der Waals surface area contributed by atoms with Gasteiger partial charge in [0.2, 0.25) is 0 Å². The number of methoxy groups -OCH3 is 1. The van der Waals surface area contributed by atoms with E-state index in [1.165, 1.54) is 6.20 Å². The van der Waals surface area contributed by atoms with Gasteiger partial charge >= 0.3 is 5.97 Å². The summed E-state index contributed by atoms with van der Waals surface area (Å²) in [4.78, 5) is 21.9. The van der Waals surface area contributed by atoms with Crippen LogP contribution in [0.4, 0.5) is 0 Å². The number of rotatable bonds is 6. The number of hydrogen-bond acceptors (Lipinski definition) is 5. The first-order chi connectivity index (χ1) is 12.1. The van der Waals surface area contributed by atoms with Gasteiger partial charge in [0.25, 0.3) is 0 Å². The summed E-state index contributed by atoms with van der Waals surface area (Å²) in [5.74, 6) is 0.639. The average Bonchev–Trinajstić information content (AvgIpc) is 3.04. The summed E-state index contributed by atoms with van der Waals surface area (Å²) in [6.07, 6.45) is 4.33. The first-order valence-corrected chi connectivity index (χ1v) is 8.04. The fourth-order valence-electron chi connectivity index (χ4n) is 2.62. The average molecular weight is 339 g/mol. The van der Waals surface area contributed by atoms with Crippen molar-refractivity contribution in [2.45, 2.75) is 6.42 Å². The molecule has 0 radical (unpaired) electrons. The van der Waals surface area contributed by atoms with Crippen molar-refractivity contribution in [1.82, 2.24) is 14.9 Å². The molecule has 6 heteroatoms. The number of benzene rings is 1. The van der Waals surface area contributed by atoms with Crippen molar-refractivity contribution in [3.05, 3.63) is 54.0 Å². The largest absolute Gasteiger partial charge is 0.495 e. The number of carbonyl (C=O) groups excluding carboxylic acids is 1. The van der Waals surface area contributed by atoms with Gasteiger partial charge in [-0.3, -0.25) is 0 Å². The Kier molecular flexibility index (Phi) is 5.00. The van der Waals surface area contributed by atoms with Crippen LogP contribution in [-0.2, 0) is 6.42 Å². The number of aromatic amines is 1. The van der Waals surface area contributed by atoms with E-state index < -0.39 is 5.97 Å². The van der Waals surface area contributed by atoms with E-state index >= 15 is 0 Å². The third kappa shape index (κ3) is 3.80. The molecule has 0 fully saturated rings. The van der Waals surface area contributed by atoms with Gasteiger partial charge in [-0.15, -0.1) is 0 Å². The minimum absolute atomic E-state index is 0.239. The first-order valence-electron chi connectivity index (χ1n) is 8.04. The van der Waals surface area contributed by atoms with Crippen LogP contribution in [0.15, 0.2) is 42.7 Å². The molecule has 2 aromatic heterocycles. The van der Waals surface area contributed by atoms with Crippen molar-refractivity contribution in [3.63, 3.8) is 0 Å². The zero-order valence-electron chi connectivity index (χ0n) is 14.6. The van der Waals surface area contributed by atoms with Gasteiger partial charge in [-0.2, -0.15) is 0 Å². The summed E-state index contributed by atoms with van der Waals surface area (Å²) < 4.78 is 10.7. The number of aromatic nitrogens is 2. The number of nitrogens with zero attached hydrogens (tertiary/aromatic N) is 2. The summed E-state index contributed by atoms with van der Waals surface area (Å²) >= 11 is 0. The summed E-state index contributed by atoms with van der Waals surface area (Å²) in [7, 11) is 5.62. The monoisotopic (exact) mass is 339 g/mol. The van der Waals surface area contributed by atoms with Crippen molar-refractivity contribution < 1.29 is 14.3 Å². The number of ether oxygens (including phenoxy) is 2. The van der Waals surface area contributed by atoms with Crippen LogP contribution in [0.2, 0.25) is 0 Å². The fraction of sp³-hybridized carbons (Fsp3) is 0.263. The van der Waals surface area contributed by atoms with E-state index in [4.69, 9.17) is 9.47 Å². The maximum Gasteiger partial charge on any atom is 0.362 e. The predicted molar refractivity (Wildman–Crippen MR) is 96.3 cm³/mol. The molecule has 0 aliphatic rings. The Balaban J connectivity index is 1.86. The summed E-state index contributed by atoms with van der Waals surface area (Å²) in [6.45, 7) is 0.912. The second kappa shape index (κ2) is 7.36. The Morgan fingerprint density at radius 3 is 2.76 bits per heavy atom. The molecule has 130 valence electrons. The Morgan fingerprint density at radius 1 is 1.24 bits per heavy atom. The van der Waals surface area contributed by atoms with E-state index in [1.807, 2.05) is 32.4 Å². The van der Waals surface area contributed by atoms with E-state index in [2.05, 4.69) is 14.9 Å². The molecule has 0 spiro atoms. The number of pyridine rings is 1. The van der Waals surface area contributed by atoms with Gasteiger partial charge in [-0.05, 0) is 50.3 Å². The van der Waals surface area contributed by atoms with Crippen LogP contribution in [0.25, 0.3) is 10.9 Å². The number of esters is 1. The molecule has 3 rings (SSSR count). The molecule has 0 aliphatic heterocycles. The Bertz CT molecular complexity index is 869. The Hall–Kier alpha value is -2.86. The molecular formula is C19H21N3O3. The SMILES string of the molecule is COc1ccc(C(=O)Oc2cccc3[nH]cc(CCN(C)C)c23)nc1. The highest BCUT2D eigenvalue weighted by molar-refractivity contribution is 5.95. The van der Waals surface area contributed by atoms with Crippen LogP contribution >= 0.6 is 0 Å². The second-order valence-corrected chi connectivity index (χ2v) is 6.02. The van der Waals surface area contributed by atoms with Gasteiger partial charge in [-0.25, -0.2) is 9.78 Å². The Labute approximate surface area is 146 Å². The van der Waals surface area contributed by atoms with Gasteiger partial charge in [-0.1, -0.05) is 6.07 Å². The van der Waals surface area contributed by atoms with Crippen LogP contribution in [0, 0.1) is 0 Å². The van der Waals surface area contributed by atoms with E-state index in [0.717, 1.165) is 29.4 Å². The molecule has 25 heavy (non-hydrogen) atoms. The Morgan fingerprint density at radius 2 is 2.08 bits per heavy atom. The van der Waals surface area contributed by atoms with Crippen LogP contribution in [-0.4, -0.2) is 48.6 Å². The maximum atomic E-state index is 12.4. The van der Waals surface area contributed by atoms with Crippen LogP contribution in [0.3, 0.4) is 0 Å². The third-order valence-corrected chi connectivity index (χ3v) is 3.96. The van der Waals surface area contributed by atoms with Gasteiger partial charge in [0.15, 0.2) is 0 Å². The van der Waals surface area contributed by atoms with E-state index in [-0.39, 0.29) is 5.69 Å². The lowest BCUT2D eigenvalue weighted by Gasteiger charge is -2.10. The molecule has 2 heterocycles. The first kappa shape index (κ1) is 17.0. The molecule has 0 bridgehead atoms. The van der Waals surface area contributed by atoms with Crippen molar-refractivity contribution in [1.29, 1.82) is 0 Å². The van der Waals surface area contributed by atoms with Gasteiger partial charge in [0.05, 0.1) is 13.3 Å². The lowest BCUT2D eigenvalue weighted by Crippen LogP contribution is -2.15. The van der Waals surface area contributed by atoms with Crippen LogP contribution in [0.1, 0.15) is 16.1 Å². The third-order valence-electron chi connectivity index (χ3n) is 3.96. The van der Waals surface area contributed by atoms with Gasteiger partial charge in [0, 0.05) is 23.6 Å².